The molecule has 0 atom stereocenters. The van der Waals surface area contributed by atoms with Crippen molar-refractivity contribution in [3.8, 4) is 6.07 Å². The number of nitrogens with zero attached hydrogens (tertiary/aromatic N) is 3. The fraction of sp³-hybridized carbons (Fsp3) is 0.267. The van der Waals surface area contributed by atoms with Crippen LogP contribution in [-0.4, -0.2) is 16.5 Å². The van der Waals surface area contributed by atoms with Gasteiger partial charge in [-0.3, -0.25) is 0 Å². The Labute approximate surface area is 118 Å². The molecular weight excluding hydrogens is 250 g/mol. The topological polar surface area (TPSA) is 73.6 Å². The van der Waals surface area contributed by atoms with Crippen LogP contribution in [0.2, 0.25) is 0 Å². The van der Waals surface area contributed by atoms with Gasteiger partial charge in [0.15, 0.2) is 0 Å². The summed E-state index contributed by atoms with van der Waals surface area (Å²) in [6.45, 7) is 4.70. The first-order valence-electron chi connectivity index (χ1n) is 6.45. The van der Waals surface area contributed by atoms with Crippen LogP contribution in [0, 0.1) is 25.2 Å². The van der Waals surface area contributed by atoms with Crippen LogP contribution >= 0.6 is 0 Å². The van der Waals surface area contributed by atoms with E-state index in [0.717, 1.165) is 11.5 Å². The van der Waals surface area contributed by atoms with E-state index in [9.17, 15) is 0 Å². The van der Waals surface area contributed by atoms with E-state index in [1.165, 1.54) is 17.5 Å². The summed E-state index contributed by atoms with van der Waals surface area (Å²) in [6, 6.07) is 10.2. The Morgan fingerprint density at radius 2 is 1.75 bits per heavy atom. The molecule has 1 aromatic heterocycles. The van der Waals surface area contributed by atoms with Crippen LogP contribution in [0.3, 0.4) is 0 Å². The fourth-order valence-electron chi connectivity index (χ4n) is 1.96. The number of nitrogens with one attached hydrogen (secondary N) is 2. The van der Waals surface area contributed by atoms with Gasteiger partial charge >= 0.3 is 0 Å². The average molecular weight is 267 g/mol. The highest BCUT2D eigenvalue weighted by Gasteiger charge is 2.00. The van der Waals surface area contributed by atoms with E-state index in [-0.39, 0.29) is 0 Å². The smallest absolute Gasteiger partial charge is 0.135 e. The first-order chi connectivity index (χ1) is 9.67. The van der Waals surface area contributed by atoms with Crippen LogP contribution in [0.1, 0.15) is 17.5 Å². The van der Waals surface area contributed by atoms with Gasteiger partial charge in [0.2, 0.25) is 0 Å². The Bertz CT molecular complexity index is 610. The van der Waals surface area contributed by atoms with Gasteiger partial charge < -0.3 is 10.6 Å². The van der Waals surface area contributed by atoms with Crippen LogP contribution in [0.15, 0.2) is 30.6 Å². The third-order valence-corrected chi connectivity index (χ3v) is 2.70. The number of aryl methyl sites for hydroxylation is 2. The molecule has 2 N–H and O–H groups in total. The Balaban J connectivity index is 2.09. The van der Waals surface area contributed by atoms with Crippen LogP contribution in [0.4, 0.5) is 17.3 Å². The second kappa shape index (κ2) is 6.53. The quantitative estimate of drug-likeness (QED) is 0.814. The highest BCUT2D eigenvalue weighted by Crippen LogP contribution is 2.19. The van der Waals surface area contributed by atoms with Crippen molar-refractivity contribution in [1.82, 2.24) is 9.97 Å². The molecule has 5 heteroatoms. The predicted octanol–water partition coefficient (Wildman–Crippen LogP) is 3.16. The van der Waals surface area contributed by atoms with Crippen LogP contribution < -0.4 is 10.6 Å². The number of hydrogen-bond acceptors (Lipinski definition) is 5. The molecule has 20 heavy (non-hydrogen) atoms. The molecule has 0 unspecified atom stereocenters. The van der Waals surface area contributed by atoms with Crippen molar-refractivity contribution in [2.45, 2.75) is 20.3 Å². The molecule has 0 spiro atoms. The summed E-state index contributed by atoms with van der Waals surface area (Å²) in [7, 11) is 0. The normalized spacial score (nSPS) is 9.85. The van der Waals surface area contributed by atoms with E-state index in [1.54, 1.807) is 0 Å². The van der Waals surface area contributed by atoms with Crippen LogP contribution in [0.25, 0.3) is 0 Å². The standard InChI is InChI=1S/C15H17N5/c1-11-6-12(2)8-13(7-11)20-15-9-14(18-10-19-15)17-5-3-4-16/h6-10H,3,5H2,1-2H3,(H2,17,18,19,20). The lowest BCUT2D eigenvalue weighted by atomic mass is 10.1. The number of rotatable bonds is 5. The largest absolute Gasteiger partial charge is 0.369 e. The van der Waals surface area contributed by atoms with Gasteiger partial charge in [-0.2, -0.15) is 5.26 Å². The zero-order chi connectivity index (χ0) is 14.4. The number of benzene rings is 1. The Morgan fingerprint density at radius 3 is 2.45 bits per heavy atom. The minimum atomic E-state index is 0.448. The van der Waals surface area contributed by atoms with Crippen molar-refractivity contribution in [2.24, 2.45) is 0 Å². The van der Waals surface area contributed by atoms with E-state index in [1.807, 2.05) is 6.07 Å². The second-order valence-electron chi connectivity index (χ2n) is 4.62. The molecule has 0 amide bonds. The van der Waals surface area contributed by atoms with Gasteiger partial charge in [-0.1, -0.05) is 6.07 Å². The molecule has 1 aromatic carbocycles. The molecule has 0 bridgehead atoms. The minimum absolute atomic E-state index is 0.448. The third-order valence-electron chi connectivity index (χ3n) is 2.70. The van der Waals surface area contributed by atoms with Gasteiger partial charge in [-0.15, -0.1) is 0 Å². The van der Waals surface area contributed by atoms with E-state index in [2.05, 4.69) is 58.7 Å². The summed E-state index contributed by atoms with van der Waals surface area (Å²) in [5, 5.41) is 14.9. The van der Waals surface area contributed by atoms with Crippen molar-refractivity contribution < 1.29 is 0 Å². The molecule has 0 fully saturated rings. The van der Waals surface area contributed by atoms with Crippen molar-refractivity contribution in [1.29, 1.82) is 5.26 Å². The summed E-state index contributed by atoms with van der Waals surface area (Å²) in [6.07, 6.45) is 1.95. The van der Waals surface area contributed by atoms with Crippen LogP contribution in [0.5, 0.6) is 0 Å². The Kier molecular flexibility index (Phi) is 4.51. The molecular formula is C15H17N5. The number of anilines is 3. The van der Waals surface area contributed by atoms with Crippen molar-refractivity contribution in [2.75, 3.05) is 17.2 Å². The Morgan fingerprint density at radius 1 is 1.05 bits per heavy atom. The molecule has 102 valence electrons. The summed E-state index contributed by atoms with van der Waals surface area (Å²) < 4.78 is 0. The average Bonchev–Trinajstić information content (AvgIpc) is 2.38. The molecule has 2 rings (SSSR count). The van der Waals surface area contributed by atoms with Gasteiger partial charge in [-0.25, -0.2) is 9.97 Å². The zero-order valence-electron chi connectivity index (χ0n) is 11.6. The highest BCUT2D eigenvalue weighted by molar-refractivity contribution is 5.60. The van der Waals surface area contributed by atoms with Gasteiger partial charge in [0.05, 0.1) is 12.5 Å². The van der Waals surface area contributed by atoms with Crippen molar-refractivity contribution >= 4 is 17.3 Å². The van der Waals surface area contributed by atoms with E-state index < -0.39 is 0 Å². The lowest BCUT2D eigenvalue weighted by Gasteiger charge is -2.09. The van der Waals surface area contributed by atoms with Gasteiger partial charge in [-0.05, 0) is 37.1 Å². The van der Waals surface area contributed by atoms with Crippen molar-refractivity contribution in [3.63, 3.8) is 0 Å². The van der Waals surface area contributed by atoms with Gasteiger partial charge in [0, 0.05) is 18.3 Å². The SMILES string of the molecule is Cc1cc(C)cc(Nc2cc(NCCC#N)ncn2)c1. The molecule has 1 heterocycles. The van der Waals surface area contributed by atoms with Gasteiger partial charge in [0.1, 0.15) is 18.0 Å². The van der Waals surface area contributed by atoms with Gasteiger partial charge in [0.25, 0.3) is 0 Å². The second-order valence-corrected chi connectivity index (χ2v) is 4.62. The molecule has 2 aromatic rings. The summed E-state index contributed by atoms with van der Waals surface area (Å²) >= 11 is 0. The number of nitriles is 1. The number of hydrogen-bond donors (Lipinski definition) is 2. The van der Waals surface area contributed by atoms with E-state index in [0.29, 0.717) is 18.8 Å². The molecule has 5 nitrogen and oxygen atoms in total. The van der Waals surface area contributed by atoms with Crippen molar-refractivity contribution in [3.05, 3.63) is 41.7 Å². The maximum atomic E-state index is 8.51. The Hall–Kier alpha value is -2.61. The molecule has 0 aliphatic heterocycles. The van der Waals surface area contributed by atoms with E-state index in [4.69, 9.17) is 5.26 Å². The van der Waals surface area contributed by atoms with E-state index >= 15 is 0 Å². The number of aromatic nitrogens is 2. The molecule has 0 aliphatic rings. The maximum Gasteiger partial charge on any atom is 0.135 e. The minimum Gasteiger partial charge on any atom is -0.369 e. The summed E-state index contributed by atoms with van der Waals surface area (Å²) in [5.74, 6) is 1.44. The lowest BCUT2D eigenvalue weighted by molar-refractivity contribution is 1.04. The summed E-state index contributed by atoms with van der Waals surface area (Å²) in [4.78, 5) is 8.31. The third kappa shape index (κ3) is 3.95. The fourth-order valence-corrected chi connectivity index (χ4v) is 1.96. The molecule has 0 aliphatic carbocycles. The zero-order valence-corrected chi connectivity index (χ0v) is 11.6. The molecule has 0 saturated carbocycles. The first kappa shape index (κ1) is 13.8. The monoisotopic (exact) mass is 267 g/mol. The highest BCUT2D eigenvalue weighted by atomic mass is 15.1. The van der Waals surface area contributed by atoms with Crippen LogP contribution in [-0.2, 0) is 0 Å². The predicted molar refractivity (Wildman–Crippen MR) is 80.0 cm³/mol. The molecule has 0 radical (unpaired) electrons. The molecule has 0 saturated heterocycles. The first-order valence-corrected chi connectivity index (χ1v) is 6.45. The lowest BCUT2D eigenvalue weighted by Crippen LogP contribution is -2.04. The maximum absolute atomic E-state index is 8.51. The summed E-state index contributed by atoms with van der Waals surface area (Å²) in [5.41, 5.74) is 3.41.